The number of ether oxygens (including phenoxy) is 1. The molecule has 0 amide bonds. The Morgan fingerprint density at radius 3 is 2.33 bits per heavy atom. The van der Waals surface area contributed by atoms with Gasteiger partial charge < -0.3 is 9.64 Å². The largest absolute Gasteiger partial charge is 0.459 e. The molecule has 1 aromatic rings. The number of carbonyl (C=O) groups is 1. The first kappa shape index (κ1) is 14.6. The lowest BCUT2D eigenvalue weighted by atomic mass is 10.2. The van der Waals surface area contributed by atoms with E-state index in [1.54, 1.807) is 11.9 Å². The average Bonchev–Trinajstić information content (AvgIpc) is 2.26. The number of likely N-dealkylation sites (N-methyl/N-ethyl adjacent to an activating group) is 1. The summed E-state index contributed by atoms with van der Waals surface area (Å²) in [4.78, 5) is 14.0. The third-order valence-corrected chi connectivity index (χ3v) is 2.70. The van der Waals surface area contributed by atoms with Gasteiger partial charge in [-0.2, -0.15) is 0 Å². The predicted molar refractivity (Wildman–Crippen MR) is 76.6 cm³/mol. The van der Waals surface area contributed by atoms with E-state index in [4.69, 9.17) is 17.0 Å². The summed E-state index contributed by atoms with van der Waals surface area (Å²) >= 11 is 5.32. The molecule has 1 rings (SSSR count). The van der Waals surface area contributed by atoms with Gasteiger partial charge >= 0.3 is 5.97 Å². The van der Waals surface area contributed by atoms with Crippen LogP contribution < -0.4 is 0 Å². The summed E-state index contributed by atoms with van der Waals surface area (Å²) in [5.41, 5.74) is 0.463. The second-order valence-corrected chi connectivity index (χ2v) is 5.50. The van der Waals surface area contributed by atoms with Crippen molar-refractivity contribution in [1.29, 1.82) is 0 Å². The summed E-state index contributed by atoms with van der Waals surface area (Å²) in [6, 6.07) is 9.62. The van der Waals surface area contributed by atoms with E-state index in [1.807, 2.05) is 51.1 Å². The minimum absolute atomic E-state index is 0.158. The van der Waals surface area contributed by atoms with Crippen molar-refractivity contribution in [3.8, 4) is 0 Å². The zero-order valence-electron chi connectivity index (χ0n) is 11.3. The van der Waals surface area contributed by atoms with Crippen molar-refractivity contribution in [3.63, 3.8) is 0 Å². The molecule has 0 bridgehead atoms. The quantitative estimate of drug-likeness (QED) is 0.621. The van der Waals surface area contributed by atoms with Gasteiger partial charge in [0.2, 0.25) is 0 Å². The van der Waals surface area contributed by atoms with Crippen LogP contribution in [0.15, 0.2) is 30.3 Å². The van der Waals surface area contributed by atoms with Crippen LogP contribution in [0, 0.1) is 0 Å². The van der Waals surface area contributed by atoms with E-state index in [2.05, 4.69) is 0 Å². The summed E-state index contributed by atoms with van der Waals surface area (Å²) in [5.74, 6) is -0.275. The number of hydrogen-bond donors (Lipinski definition) is 0. The van der Waals surface area contributed by atoms with Crippen molar-refractivity contribution in [2.75, 3.05) is 13.6 Å². The smallest absolute Gasteiger partial charge is 0.326 e. The summed E-state index contributed by atoms with van der Waals surface area (Å²) in [7, 11) is 1.79. The van der Waals surface area contributed by atoms with E-state index in [0.717, 1.165) is 5.56 Å². The Kier molecular flexibility index (Phi) is 4.84. The molecule has 0 atom stereocenters. The predicted octanol–water partition coefficient (Wildman–Crippen LogP) is 2.64. The Morgan fingerprint density at radius 2 is 1.83 bits per heavy atom. The Balaban J connectivity index is 2.59. The van der Waals surface area contributed by atoms with Crippen molar-refractivity contribution < 1.29 is 9.53 Å². The molecule has 0 aliphatic heterocycles. The number of hydrogen-bond acceptors (Lipinski definition) is 3. The molecular formula is C14H19NO2S. The second-order valence-electron chi connectivity index (χ2n) is 5.11. The molecule has 0 unspecified atom stereocenters. The summed E-state index contributed by atoms with van der Waals surface area (Å²) < 4.78 is 5.25. The zero-order valence-corrected chi connectivity index (χ0v) is 12.1. The molecule has 0 fully saturated rings. The molecule has 0 aromatic heterocycles. The minimum atomic E-state index is -0.466. The van der Waals surface area contributed by atoms with Gasteiger partial charge in [-0.25, -0.2) is 0 Å². The zero-order chi connectivity index (χ0) is 13.8. The molecular weight excluding hydrogens is 246 g/mol. The number of nitrogens with zero attached hydrogens (tertiary/aromatic N) is 1. The minimum Gasteiger partial charge on any atom is -0.459 e. The summed E-state index contributed by atoms with van der Waals surface area (Å²) in [6.07, 6.45) is 0. The van der Waals surface area contributed by atoms with Gasteiger partial charge in [-0.1, -0.05) is 42.5 Å². The van der Waals surface area contributed by atoms with E-state index in [0.29, 0.717) is 4.99 Å². The SMILES string of the molecule is CN(CC(=O)OC(C)(C)C)C(=S)c1ccccc1. The summed E-state index contributed by atoms with van der Waals surface area (Å²) in [6.45, 7) is 5.70. The van der Waals surface area contributed by atoms with Crippen molar-refractivity contribution in [2.45, 2.75) is 26.4 Å². The third-order valence-electron chi connectivity index (χ3n) is 2.15. The van der Waals surface area contributed by atoms with Crippen LogP contribution in [-0.4, -0.2) is 35.1 Å². The normalized spacial score (nSPS) is 10.9. The Morgan fingerprint density at radius 1 is 1.28 bits per heavy atom. The maximum absolute atomic E-state index is 11.7. The Bertz CT molecular complexity index is 423. The molecule has 18 heavy (non-hydrogen) atoms. The highest BCUT2D eigenvalue weighted by Crippen LogP contribution is 2.09. The first-order chi connectivity index (χ1) is 8.29. The van der Waals surface area contributed by atoms with E-state index in [1.165, 1.54) is 0 Å². The van der Waals surface area contributed by atoms with Crippen LogP contribution in [0.3, 0.4) is 0 Å². The van der Waals surface area contributed by atoms with Crippen molar-refractivity contribution in [1.82, 2.24) is 4.90 Å². The highest BCUT2D eigenvalue weighted by molar-refractivity contribution is 7.80. The fraction of sp³-hybridized carbons (Fsp3) is 0.429. The monoisotopic (exact) mass is 265 g/mol. The molecule has 0 radical (unpaired) electrons. The molecule has 0 spiro atoms. The summed E-state index contributed by atoms with van der Waals surface area (Å²) in [5, 5.41) is 0. The van der Waals surface area contributed by atoms with Crippen molar-refractivity contribution >= 4 is 23.2 Å². The Hall–Kier alpha value is -1.42. The molecule has 0 aliphatic rings. The van der Waals surface area contributed by atoms with Gasteiger partial charge in [0, 0.05) is 12.6 Å². The first-order valence-corrected chi connectivity index (χ1v) is 6.23. The molecule has 0 aliphatic carbocycles. The van der Waals surface area contributed by atoms with Crippen LogP contribution in [0.5, 0.6) is 0 Å². The highest BCUT2D eigenvalue weighted by Gasteiger charge is 2.18. The lowest BCUT2D eigenvalue weighted by Crippen LogP contribution is -2.35. The molecule has 1 aromatic carbocycles. The molecule has 98 valence electrons. The highest BCUT2D eigenvalue weighted by atomic mass is 32.1. The standard InChI is InChI=1S/C14H19NO2S/c1-14(2,3)17-12(16)10-15(4)13(18)11-8-6-5-7-9-11/h5-9H,10H2,1-4H3. The van der Waals surface area contributed by atoms with Crippen LogP contribution in [0.25, 0.3) is 0 Å². The number of esters is 1. The van der Waals surface area contributed by atoms with Gasteiger partial charge in [0.25, 0.3) is 0 Å². The third kappa shape index (κ3) is 4.84. The molecule has 0 N–H and O–H groups in total. The number of rotatable bonds is 3. The van der Waals surface area contributed by atoms with Crippen LogP contribution in [0.1, 0.15) is 26.3 Å². The van der Waals surface area contributed by atoms with Gasteiger partial charge in [0.1, 0.15) is 17.1 Å². The van der Waals surface area contributed by atoms with Gasteiger partial charge in [0.05, 0.1) is 0 Å². The van der Waals surface area contributed by atoms with Crippen LogP contribution in [-0.2, 0) is 9.53 Å². The van der Waals surface area contributed by atoms with E-state index in [9.17, 15) is 4.79 Å². The van der Waals surface area contributed by atoms with Crippen LogP contribution >= 0.6 is 12.2 Å². The van der Waals surface area contributed by atoms with Crippen molar-refractivity contribution in [3.05, 3.63) is 35.9 Å². The lowest BCUT2D eigenvalue weighted by Gasteiger charge is -2.23. The van der Waals surface area contributed by atoms with Gasteiger partial charge in [-0.3, -0.25) is 4.79 Å². The van der Waals surface area contributed by atoms with Crippen LogP contribution in [0.4, 0.5) is 0 Å². The topological polar surface area (TPSA) is 29.5 Å². The Labute approximate surface area is 114 Å². The fourth-order valence-corrected chi connectivity index (χ4v) is 1.64. The fourth-order valence-electron chi connectivity index (χ4n) is 1.44. The first-order valence-electron chi connectivity index (χ1n) is 5.82. The second kappa shape index (κ2) is 5.96. The maximum atomic E-state index is 11.7. The van der Waals surface area contributed by atoms with Crippen LogP contribution in [0.2, 0.25) is 0 Å². The van der Waals surface area contributed by atoms with Gasteiger partial charge in [-0.15, -0.1) is 0 Å². The molecule has 0 heterocycles. The van der Waals surface area contributed by atoms with Crippen molar-refractivity contribution in [2.24, 2.45) is 0 Å². The molecule has 0 saturated heterocycles. The lowest BCUT2D eigenvalue weighted by molar-refractivity contribution is -0.154. The van der Waals surface area contributed by atoms with Gasteiger partial charge in [-0.05, 0) is 20.8 Å². The molecule has 0 saturated carbocycles. The van der Waals surface area contributed by atoms with E-state index in [-0.39, 0.29) is 12.5 Å². The molecule has 3 nitrogen and oxygen atoms in total. The number of carbonyl (C=O) groups excluding carboxylic acids is 1. The van der Waals surface area contributed by atoms with E-state index >= 15 is 0 Å². The molecule has 4 heteroatoms. The van der Waals surface area contributed by atoms with E-state index < -0.39 is 5.60 Å². The number of benzene rings is 1. The average molecular weight is 265 g/mol. The number of thiocarbonyl (C=S) groups is 1. The van der Waals surface area contributed by atoms with Gasteiger partial charge in [0.15, 0.2) is 0 Å². The maximum Gasteiger partial charge on any atom is 0.326 e.